The van der Waals surface area contributed by atoms with Crippen LogP contribution >= 0.6 is 0 Å². The van der Waals surface area contributed by atoms with Crippen molar-refractivity contribution in [1.82, 2.24) is 0 Å². The Kier molecular flexibility index (Phi) is 4.00. The molecular weight excluding hydrogens is 258 g/mol. The minimum atomic E-state index is -0.429. The summed E-state index contributed by atoms with van der Waals surface area (Å²) in [6.45, 7) is 0. The summed E-state index contributed by atoms with van der Waals surface area (Å²) >= 11 is 0. The van der Waals surface area contributed by atoms with E-state index in [2.05, 4.69) is 10.1 Å². The predicted molar refractivity (Wildman–Crippen MR) is 73.8 cm³/mol. The third-order valence-electron chi connectivity index (χ3n) is 2.69. The number of nitrogens with one attached hydrogen (secondary N) is 1. The van der Waals surface area contributed by atoms with E-state index in [1.54, 1.807) is 24.3 Å². The number of phenols is 1. The fourth-order valence-electron chi connectivity index (χ4n) is 1.62. The van der Waals surface area contributed by atoms with Crippen LogP contribution in [0.2, 0.25) is 0 Å². The smallest absolute Gasteiger partial charge is 0.337 e. The molecule has 0 fully saturated rings. The summed E-state index contributed by atoms with van der Waals surface area (Å²) in [6.07, 6.45) is 0. The van der Waals surface area contributed by atoms with Crippen LogP contribution in [0.3, 0.4) is 0 Å². The van der Waals surface area contributed by atoms with Crippen molar-refractivity contribution in [1.29, 1.82) is 0 Å². The van der Waals surface area contributed by atoms with Gasteiger partial charge in [0.05, 0.1) is 12.7 Å². The minimum absolute atomic E-state index is 0.101. The van der Waals surface area contributed by atoms with Crippen LogP contribution in [0.1, 0.15) is 20.7 Å². The summed E-state index contributed by atoms with van der Waals surface area (Å²) in [5.41, 5.74) is 1.41. The highest BCUT2D eigenvalue weighted by molar-refractivity contribution is 6.04. The first-order chi connectivity index (χ1) is 9.60. The standard InChI is InChI=1S/C15H13NO4/c1-20-15(19)11-2-6-12(7-3-11)16-14(18)10-4-8-13(17)9-5-10/h2-9,17H,1H3,(H,16,18). The molecule has 0 bridgehead atoms. The third-order valence-corrected chi connectivity index (χ3v) is 2.69. The van der Waals surface area contributed by atoms with E-state index in [-0.39, 0.29) is 11.7 Å². The van der Waals surface area contributed by atoms with Gasteiger partial charge in [0.1, 0.15) is 5.75 Å². The Bertz CT molecular complexity index is 617. The molecule has 0 aliphatic rings. The molecule has 2 aromatic carbocycles. The molecule has 0 heterocycles. The van der Waals surface area contributed by atoms with Crippen molar-refractivity contribution in [2.45, 2.75) is 0 Å². The number of carbonyl (C=O) groups excluding carboxylic acids is 2. The second kappa shape index (κ2) is 5.88. The molecule has 0 atom stereocenters. The quantitative estimate of drug-likeness (QED) is 0.841. The fraction of sp³-hybridized carbons (Fsp3) is 0.0667. The molecule has 0 aliphatic carbocycles. The maximum atomic E-state index is 11.9. The molecule has 0 unspecified atom stereocenters. The maximum Gasteiger partial charge on any atom is 0.337 e. The highest BCUT2D eigenvalue weighted by Gasteiger charge is 2.08. The molecule has 0 spiro atoms. The van der Waals surface area contributed by atoms with Crippen molar-refractivity contribution in [3.05, 3.63) is 59.7 Å². The van der Waals surface area contributed by atoms with Gasteiger partial charge in [0.15, 0.2) is 0 Å². The van der Waals surface area contributed by atoms with Crippen LogP contribution in [0.15, 0.2) is 48.5 Å². The number of hydrogen-bond acceptors (Lipinski definition) is 4. The summed E-state index contributed by atoms with van der Waals surface area (Å²) in [5.74, 6) is -0.624. The van der Waals surface area contributed by atoms with E-state index in [0.29, 0.717) is 16.8 Å². The number of hydrogen-bond donors (Lipinski definition) is 2. The van der Waals surface area contributed by atoms with E-state index in [0.717, 1.165) is 0 Å². The summed E-state index contributed by atoms with van der Waals surface area (Å²) in [5, 5.41) is 11.8. The molecular formula is C15H13NO4. The van der Waals surface area contributed by atoms with Crippen molar-refractivity contribution in [3.8, 4) is 5.75 Å². The van der Waals surface area contributed by atoms with E-state index in [4.69, 9.17) is 5.11 Å². The first kappa shape index (κ1) is 13.6. The molecule has 102 valence electrons. The average Bonchev–Trinajstić information content (AvgIpc) is 2.48. The lowest BCUT2D eigenvalue weighted by molar-refractivity contribution is 0.0600. The van der Waals surface area contributed by atoms with Crippen LogP contribution in [-0.2, 0) is 4.74 Å². The summed E-state index contributed by atoms with van der Waals surface area (Å²) in [4.78, 5) is 23.2. The molecule has 0 aliphatic heterocycles. The number of esters is 1. The number of rotatable bonds is 3. The van der Waals surface area contributed by atoms with Gasteiger partial charge >= 0.3 is 5.97 Å². The number of anilines is 1. The van der Waals surface area contributed by atoms with Crippen LogP contribution in [0.25, 0.3) is 0 Å². The predicted octanol–water partition coefficient (Wildman–Crippen LogP) is 2.43. The highest BCUT2D eigenvalue weighted by Crippen LogP contribution is 2.14. The van der Waals surface area contributed by atoms with Gasteiger partial charge in [-0.3, -0.25) is 4.79 Å². The van der Waals surface area contributed by atoms with E-state index < -0.39 is 5.97 Å². The Labute approximate surface area is 115 Å². The van der Waals surface area contributed by atoms with Crippen LogP contribution in [0.5, 0.6) is 5.75 Å². The Morgan fingerprint density at radius 2 is 1.50 bits per heavy atom. The first-order valence-electron chi connectivity index (χ1n) is 5.89. The van der Waals surface area contributed by atoms with Crippen LogP contribution in [-0.4, -0.2) is 24.1 Å². The molecule has 2 rings (SSSR count). The molecule has 2 N–H and O–H groups in total. The van der Waals surface area contributed by atoms with E-state index in [1.165, 1.54) is 31.4 Å². The van der Waals surface area contributed by atoms with E-state index in [1.807, 2.05) is 0 Å². The number of aromatic hydroxyl groups is 1. The molecule has 0 saturated heterocycles. The van der Waals surface area contributed by atoms with Gasteiger partial charge in [-0.1, -0.05) is 0 Å². The van der Waals surface area contributed by atoms with Gasteiger partial charge < -0.3 is 15.2 Å². The zero-order chi connectivity index (χ0) is 14.5. The zero-order valence-electron chi connectivity index (χ0n) is 10.8. The van der Waals surface area contributed by atoms with Gasteiger partial charge in [0, 0.05) is 11.3 Å². The highest BCUT2D eigenvalue weighted by atomic mass is 16.5. The average molecular weight is 271 g/mol. The topological polar surface area (TPSA) is 75.6 Å². The second-order valence-corrected chi connectivity index (χ2v) is 4.07. The number of amides is 1. The van der Waals surface area contributed by atoms with Gasteiger partial charge in [0.2, 0.25) is 0 Å². The van der Waals surface area contributed by atoms with Gasteiger partial charge in [0.25, 0.3) is 5.91 Å². The molecule has 0 saturated carbocycles. The zero-order valence-corrected chi connectivity index (χ0v) is 10.8. The van der Waals surface area contributed by atoms with E-state index >= 15 is 0 Å². The lowest BCUT2D eigenvalue weighted by Crippen LogP contribution is -2.11. The number of methoxy groups -OCH3 is 1. The Morgan fingerprint density at radius 3 is 2.05 bits per heavy atom. The molecule has 0 radical (unpaired) electrons. The summed E-state index contributed by atoms with van der Waals surface area (Å²) < 4.78 is 4.59. The largest absolute Gasteiger partial charge is 0.508 e. The van der Waals surface area contributed by atoms with Crippen LogP contribution in [0, 0.1) is 0 Å². The molecule has 2 aromatic rings. The van der Waals surface area contributed by atoms with E-state index in [9.17, 15) is 9.59 Å². The first-order valence-corrected chi connectivity index (χ1v) is 5.89. The molecule has 5 nitrogen and oxygen atoms in total. The molecule has 1 amide bonds. The van der Waals surface area contributed by atoms with Crippen molar-refractivity contribution < 1.29 is 19.4 Å². The Hall–Kier alpha value is -2.82. The molecule has 5 heteroatoms. The number of benzene rings is 2. The fourth-order valence-corrected chi connectivity index (χ4v) is 1.62. The van der Waals surface area contributed by atoms with Gasteiger partial charge in [-0.2, -0.15) is 0 Å². The maximum absolute atomic E-state index is 11.9. The van der Waals surface area contributed by atoms with Crippen molar-refractivity contribution in [3.63, 3.8) is 0 Å². The number of carbonyl (C=O) groups is 2. The van der Waals surface area contributed by atoms with Gasteiger partial charge in [-0.15, -0.1) is 0 Å². The van der Waals surface area contributed by atoms with Crippen molar-refractivity contribution in [2.75, 3.05) is 12.4 Å². The second-order valence-electron chi connectivity index (χ2n) is 4.07. The monoisotopic (exact) mass is 271 g/mol. The number of ether oxygens (including phenoxy) is 1. The van der Waals surface area contributed by atoms with Crippen LogP contribution in [0.4, 0.5) is 5.69 Å². The summed E-state index contributed by atoms with van der Waals surface area (Å²) in [7, 11) is 1.31. The van der Waals surface area contributed by atoms with Gasteiger partial charge in [-0.05, 0) is 48.5 Å². The van der Waals surface area contributed by atoms with Gasteiger partial charge in [-0.25, -0.2) is 4.79 Å². The Balaban J connectivity index is 2.08. The lowest BCUT2D eigenvalue weighted by Gasteiger charge is -2.06. The summed E-state index contributed by atoms with van der Waals surface area (Å²) in [6, 6.07) is 12.3. The van der Waals surface area contributed by atoms with Crippen LogP contribution < -0.4 is 5.32 Å². The molecule has 0 aromatic heterocycles. The number of phenolic OH excluding ortho intramolecular Hbond substituents is 1. The normalized spacial score (nSPS) is 9.85. The SMILES string of the molecule is COC(=O)c1ccc(NC(=O)c2ccc(O)cc2)cc1. The van der Waals surface area contributed by atoms with Crippen molar-refractivity contribution >= 4 is 17.6 Å². The third kappa shape index (κ3) is 3.14. The van der Waals surface area contributed by atoms with Crippen molar-refractivity contribution in [2.24, 2.45) is 0 Å². The lowest BCUT2D eigenvalue weighted by atomic mass is 10.2. The molecule has 20 heavy (non-hydrogen) atoms. The Morgan fingerprint density at radius 1 is 0.950 bits per heavy atom. The minimum Gasteiger partial charge on any atom is -0.508 e.